The van der Waals surface area contributed by atoms with Gasteiger partial charge < -0.3 is 5.32 Å². The molecule has 0 aliphatic heterocycles. The number of nitrogens with zero attached hydrogens (tertiary/aromatic N) is 2. The van der Waals surface area contributed by atoms with Crippen LogP contribution in [0.15, 0.2) is 42.6 Å². The number of imidazole rings is 1. The summed E-state index contributed by atoms with van der Waals surface area (Å²) in [5.74, 6) is -0.144. The first-order valence-corrected chi connectivity index (χ1v) is 6.88. The number of benzene rings is 1. The lowest BCUT2D eigenvalue weighted by atomic mass is 10.2. The summed E-state index contributed by atoms with van der Waals surface area (Å²) >= 11 is 0. The Labute approximate surface area is 123 Å². The van der Waals surface area contributed by atoms with Crippen molar-refractivity contribution in [3.8, 4) is 0 Å². The Hall–Kier alpha value is -2.62. The highest BCUT2D eigenvalue weighted by molar-refractivity contribution is 6.04. The maximum atomic E-state index is 12.5. The molecular weight excluding hydrogens is 262 g/mol. The summed E-state index contributed by atoms with van der Waals surface area (Å²) in [4.78, 5) is 17.0. The van der Waals surface area contributed by atoms with Crippen LogP contribution >= 0.6 is 0 Å². The van der Waals surface area contributed by atoms with Crippen LogP contribution in [0.1, 0.15) is 27.3 Å². The summed E-state index contributed by atoms with van der Waals surface area (Å²) < 4.78 is 1.84. The fraction of sp³-hybridized carbons (Fsp3) is 0.176. The van der Waals surface area contributed by atoms with E-state index < -0.39 is 0 Å². The van der Waals surface area contributed by atoms with Gasteiger partial charge in [-0.15, -0.1) is 0 Å². The second-order valence-corrected chi connectivity index (χ2v) is 5.25. The molecule has 2 heterocycles. The van der Waals surface area contributed by atoms with Crippen LogP contribution < -0.4 is 5.32 Å². The smallest absolute Gasteiger partial charge is 0.274 e. The Morgan fingerprint density at radius 1 is 1.10 bits per heavy atom. The number of aryl methyl sites for hydroxylation is 3. The predicted molar refractivity (Wildman–Crippen MR) is 83.8 cm³/mol. The summed E-state index contributed by atoms with van der Waals surface area (Å²) in [6.45, 7) is 5.86. The van der Waals surface area contributed by atoms with E-state index in [0.717, 1.165) is 28.2 Å². The molecule has 21 heavy (non-hydrogen) atoms. The van der Waals surface area contributed by atoms with Crippen LogP contribution in [0.2, 0.25) is 0 Å². The number of rotatable bonds is 2. The molecule has 0 spiro atoms. The minimum absolute atomic E-state index is 0.144. The highest BCUT2D eigenvalue weighted by Gasteiger charge is 2.17. The van der Waals surface area contributed by atoms with Gasteiger partial charge in [0.25, 0.3) is 5.91 Å². The van der Waals surface area contributed by atoms with E-state index in [9.17, 15) is 4.79 Å². The zero-order valence-electron chi connectivity index (χ0n) is 12.3. The molecule has 0 radical (unpaired) electrons. The van der Waals surface area contributed by atoms with Gasteiger partial charge in [0.2, 0.25) is 0 Å². The van der Waals surface area contributed by atoms with Crippen molar-refractivity contribution in [2.45, 2.75) is 20.8 Å². The lowest BCUT2D eigenvalue weighted by Gasteiger charge is -2.06. The molecule has 4 heteroatoms. The largest absolute Gasteiger partial charge is 0.321 e. The zero-order chi connectivity index (χ0) is 15.0. The summed E-state index contributed by atoms with van der Waals surface area (Å²) in [7, 11) is 0. The fourth-order valence-corrected chi connectivity index (χ4v) is 2.42. The molecule has 0 bridgehead atoms. The van der Waals surface area contributed by atoms with Crippen molar-refractivity contribution in [2.75, 3.05) is 5.32 Å². The number of carbonyl (C=O) groups excluding carboxylic acids is 1. The molecule has 0 unspecified atom stereocenters. The van der Waals surface area contributed by atoms with E-state index in [1.165, 1.54) is 0 Å². The molecule has 0 fully saturated rings. The van der Waals surface area contributed by atoms with Crippen LogP contribution in [0.5, 0.6) is 0 Å². The lowest BCUT2D eigenvalue weighted by Crippen LogP contribution is -2.15. The van der Waals surface area contributed by atoms with Crippen LogP contribution in [-0.4, -0.2) is 15.3 Å². The van der Waals surface area contributed by atoms with Crippen molar-refractivity contribution in [1.82, 2.24) is 9.38 Å². The third kappa shape index (κ3) is 2.40. The van der Waals surface area contributed by atoms with E-state index in [1.807, 2.05) is 67.8 Å². The molecule has 0 saturated heterocycles. The van der Waals surface area contributed by atoms with Gasteiger partial charge in [0.15, 0.2) is 0 Å². The Kier molecular flexibility index (Phi) is 3.22. The first-order valence-electron chi connectivity index (χ1n) is 6.88. The van der Waals surface area contributed by atoms with Gasteiger partial charge in [0.1, 0.15) is 11.3 Å². The molecule has 2 aromatic heterocycles. The van der Waals surface area contributed by atoms with Crippen molar-refractivity contribution in [3.05, 3.63) is 65.1 Å². The van der Waals surface area contributed by atoms with E-state index in [0.29, 0.717) is 5.69 Å². The maximum Gasteiger partial charge on any atom is 0.274 e. The third-order valence-electron chi connectivity index (χ3n) is 3.54. The molecule has 0 aliphatic rings. The predicted octanol–water partition coefficient (Wildman–Crippen LogP) is 3.51. The number of amides is 1. The van der Waals surface area contributed by atoms with Crippen molar-refractivity contribution < 1.29 is 4.79 Å². The van der Waals surface area contributed by atoms with Crippen molar-refractivity contribution in [2.24, 2.45) is 0 Å². The minimum atomic E-state index is -0.144. The molecular formula is C17H17N3O. The van der Waals surface area contributed by atoms with Crippen LogP contribution in [0.4, 0.5) is 5.69 Å². The molecule has 1 N–H and O–H groups in total. The van der Waals surface area contributed by atoms with Gasteiger partial charge in [0, 0.05) is 11.9 Å². The monoisotopic (exact) mass is 279 g/mol. The van der Waals surface area contributed by atoms with Crippen LogP contribution in [0.3, 0.4) is 0 Å². The van der Waals surface area contributed by atoms with Gasteiger partial charge in [-0.25, -0.2) is 4.98 Å². The van der Waals surface area contributed by atoms with Crippen LogP contribution in [-0.2, 0) is 0 Å². The third-order valence-corrected chi connectivity index (χ3v) is 3.54. The molecule has 0 saturated carbocycles. The van der Waals surface area contributed by atoms with Crippen molar-refractivity contribution in [1.29, 1.82) is 0 Å². The van der Waals surface area contributed by atoms with Crippen LogP contribution in [0.25, 0.3) is 5.65 Å². The fourth-order valence-electron chi connectivity index (χ4n) is 2.42. The standard InChI is InChI=1S/C17H17N3O/c1-11-6-8-14(9-7-11)19-17(21)15-13(3)18-16-12(2)5-4-10-20(15)16/h4-10H,1-3H3,(H,19,21). The summed E-state index contributed by atoms with van der Waals surface area (Å²) in [5.41, 5.74) is 5.13. The molecule has 3 rings (SSSR count). The second-order valence-electron chi connectivity index (χ2n) is 5.25. The van der Waals surface area contributed by atoms with E-state index in [4.69, 9.17) is 0 Å². The molecule has 3 aromatic rings. The summed E-state index contributed by atoms with van der Waals surface area (Å²) in [6.07, 6.45) is 1.87. The maximum absolute atomic E-state index is 12.5. The van der Waals surface area contributed by atoms with E-state index in [2.05, 4.69) is 10.3 Å². The van der Waals surface area contributed by atoms with E-state index in [-0.39, 0.29) is 5.91 Å². The first kappa shape index (κ1) is 13.4. The van der Waals surface area contributed by atoms with Crippen molar-refractivity contribution in [3.63, 3.8) is 0 Å². The number of anilines is 1. The van der Waals surface area contributed by atoms with Crippen LogP contribution in [0, 0.1) is 20.8 Å². The number of hydrogen-bond acceptors (Lipinski definition) is 2. The Morgan fingerprint density at radius 2 is 1.81 bits per heavy atom. The zero-order valence-corrected chi connectivity index (χ0v) is 12.3. The first-order chi connectivity index (χ1) is 10.1. The highest BCUT2D eigenvalue weighted by atomic mass is 16.2. The highest BCUT2D eigenvalue weighted by Crippen LogP contribution is 2.17. The topological polar surface area (TPSA) is 46.4 Å². The summed E-state index contributed by atoms with van der Waals surface area (Å²) in [5, 5.41) is 2.92. The Morgan fingerprint density at radius 3 is 2.52 bits per heavy atom. The average molecular weight is 279 g/mol. The van der Waals surface area contributed by atoms with Gasteiger partial charge in [0.05, 0.1) is 5.69 Å². The molecule has 0 atom stereocenters. The normalized spacial score (nSPS) is 10.8. The van der Waals surface area contributed by atoms with E-state index in [1.54, 1.807) is 0 Å². The van der Waals surface area contributed by atoms with Gasteiger partial charge in [-0.05, 0) is 44.5 Å². The SMILES string of the molecule is Cc1ccc(NC(=O)c2c(C)nc3c(C)cccn23)cc1. The van der Waals surface area contributed by atoms with E-state index >= 15 is 0 Å². The van der Waals surface area contributed by atoms with Gasteiger partial charge >= 0.3 is 0 Å². The summed E-state index contributed by atoms with van der Waals surface area (Å²) in [6, 6.07) is 11.7. The average Bonchev–Trinajstić information content (AvgIpc) is 2.79. The number of pyridine rings is 1. The number of nitrogens with one attached hydrogen (secondary N) is 1. The Balaban J connectivity index is 2.00. The molecule has 1 amide bonds. The molecule has 0 aliphatic carbocycles. The quantitative estimate of drug-likeness (QED) is 0.780. The van der Waals surface area contributed by atoms with Gasteiger partial charge in [-0.1, -0.05) is 23.8 Å². The lowest BCUT2D eigenvalue weighted by molar-refractivity contribution is 0.102. The number of fused-ring (bicyclic) bond motifs is 1. The molecule has 1 aromatic carbocycles. The second kappa shape index (κ2) is 5.05. The van der Waals surface area contributed by atoms with Gasteiger partial charge in [-0.3, -0.25) is 9.20 Å². The number of carbonyl (C=O) groups is 1. The number of hydrogen-bond donors (Lipinski definition) is 1. The Bertz CT molecular complexity index is 816. The van der Waals surface area contributed by atoms with Gasteiger partial charge in [-0.2, -0.15) is 0 Å². The number of aromatic nitrogens is 2. The van der Waals surface area contributed by atoms with Crippen molar-refractivity contribution >= 4 is 17.2 Å². The minimum Gasteiger partial charge on any atom is -0.321 e. The molecule has 4 nitrogen and oxygen atoms in total. The molecule has 106 valence electrons.